The maximum atomic E-state index is 12.3. The number of carbonyl (C=O) groups is 2. The Kier molecular flexibility index (Phi) is 7.83. The second kappa shape index (κ2) is 10.8. The van der Waals surface area contributed by atoms with Gasteiger partial charge < -0.3 is 29.0 Å². The standard InChI is InChI=1S/C22H24ClNO7/c1-27-17-5-4-14(10-18(17)28-2)6-7-24-20(25)13-31-22(26)15-11-16(23)21-19(12-15)29-8-3-9-30-21/h4-5,10-12H,3,6-9,13H2,1-2H3,(H,24,25). The van der Waals surface area contributed by atoms with Crippen LogP contribution in [0.5, 0.6) is 23.0 Å². The first-order valence-electron chi connectivity index (χ1n) is 9.75. The maximum absolute atomic E-state index is 12.3. The summed E-state index contributed by atoms with van der Waals surface area (Å²) in [6.07, 6.45) is 1.30. The monoisotopic (exact) mass is 449 g/mol. The molecule has 0 unspecified atom stereocenters. The molecule has 31 heavy (non-hydrogen) atoms. The minimum absolute atomic E-state index is 0.187. The molecular weight excluding hydrogens is 426 g/mol. The lowest BCUT2D eigenvalue weighted by molar-refractivity contribution is -0.124. The highest BCUT2D eigenvalue weighted by Gasteiger charge is 2.19. The van der Waals surface area contributed by atoms with Gasteiger partial charge in [-0.15, -0.1) is 0 Å². The first-order valence-corrected chi connectivity index (χ1v) is 10.1. The number of esters is 1. The Labute approximate surface area is 185 Å². The van der Waals surface area contributed by atoms with Crippen molar-refractivity contribution in [3.63, 3.8) is 0 Å². The predicted molar refractivity (Wildman–Crippen MR) is 114 cm³/mol. The average molecular weight is 450 g/mol. The van der Waals surface area contributed by atoms with Crippen LogP contribution in [0.3, 0.4) is 0 Å². The van der Waals surface area contributed by atoms with Gasteiger partial charge in [0.1, 0.15) is 0 Å². The number of fused-ring (bicyclic) bond motifs is 1. The minimum atomic E-state index is -0.674. The molecule has 166 valence electrons. The van der Waals surface area contributed by atoms with Crippen LogP contribution in [0, 0.1) is 0 Å². The quantitative estimate of drug-likeness (QED) is 0.619. The van der Waals surface area contributed by atoms with Gasteiger partial charge in [0.25, 0.3) is 5.91 Å². The lowest BCUT2D eigenvalue weighted by atomic mass is 10.1. The van der Waals surface area contributed by atoms with Crippen molar-refractivity contribution in [2.45, 2.75) is 12.8 Å². The summed E-state index contributed by atoms with van der Waals surface area (Å²) < 4.78 is 26.7. The summed E-state index contributed by atoms with van der Waals surface area (Å²) in [6, 6.07) is 8.48. The van der Waals surface area contributed by atoms with Gasteiger partial charge in [0.05, 0.1) is 38.0 Å². The fraction of sp³-hybridized carbons (Fsp3) is 0.364. The van der Waals surface area contributed by atoms with E-state index in [2.05, 4.69) is 5.32 Å². The van der Waals surface area contributed by atoms with Crippen molar-refractivity contribution >= 4 is 23.5 Å². The summed E-state index contributed by atoms with van der Waals surface area (Å²) in [7, 11) is 3.13. The average Bonchev–Trinajstić information content (AvgIpc) is 3.03. The van der Waals surface area contributed by atoms with Crippen LogP contribution in [0.2, 0.25) is 5.02 Å². The van der Waals surface area contributed by atoms with Crippen molar-refractivity contribution in [2.75, 3.05) is 40.6 Å². The van der Waals surface area contributed by atoms with E-state index < -0.39 is 18.5 Å². The molecule has 0 radical (unpaired) electrons. The Morgan fingerprint density at radius 3 is 2.61 bits per heavy atom. The van der Waals surface area contributed by atoms with Gasteiger partial charge in [-0.25, -0.2) is 4.79 Å². The molecule has 9 heteroatoms. The summed E-state index contributed by atoms with van der Waals surface area (Å²) >= 11 is 6.19. The summed E-state index contributed by atoms with van der Waals surface area (Å²) in [6.45, 7) is 0.919. The predicted octanol–water partition coefficient (Wildman–Crippen LogP) is 3.03. The van der Waals surface area contributed by atoms with E-state index in [-0.39, 0.29) is 10.6 Å². The molecule has 0 fully saturated rings. The number of methoxy groups -OCH3 is 2. The maximum Gasteiger partial charge on any atom is 0.338 e. The zero-order chi connectivity index (χ0) is 22.2. The number of benzene rings is 2. The van der Waals surface area contributed by atoms with E-state index in [0.29, 0.717) is 55.6 Å². The van der Waals surface area contributed by atoms with Crippen molar-refractivity contribution in [1.29, 1.82) is 0 Å². The van der Waals surface area contributed by atoms with Gasteiger partial charge in [-0.05, 0) is 36.2 Å². The van der Waals surface area contributed by atoms with Crippen LogP contribution in [0.25, 0.3) is 0 Å². The lowest BCUT2D eigenvalue weighted by Crippen LogP contribution is -2.30. The van der Waals surface area contributed by atoms with Gasteiger partial charge in [0.2, 0.25) is 0 Å². The number of hydrogen-bond acceptors (Lipinski definition) is 7. The smallest absolute Gasteiger partial charge is 0.338 e. The molecule has 1 heterocycles. The van der Waals surface area contributed by atoms with Crippen LogP contribution in [0.4, 0.5) is 0 Å². The Balaban J connectivity index is 1.48. The van der Waals surface area contributed by atoms with Crippen LogP contribution in [0.1, 0.15) is 22.3 Å². The van der Waals surface area contributed by atoms with Crippen LogP contribution in [-0.2, 0) is 16.0 Å². The molecule has 3 rings (SSSR count). The third kappa shape index (κ3) is 5.95. The molecule has 1 aliphatic heterocycles. The van der Waals surface area contributed by atoms with E-state index in [0.717, 1.165) is 5.56 Å². The third-order valence-corrected chi connectivity index (χ3v) is 4.84. The van der Waals surface area contributed by atoms with Crippen molar-refractivity contribution in [1.82, 2.24) is 5.32 Å². The van der Waals surface area contributed by atoms with Crippen molar-refractivity contribution in [2.24, 2.45) is 0 Å². The second-order valence-corrected chi connectivity index (χ2v) is 7.11. The van der Waals surface area contributed by atoms with E-state index in [4.69, 9.17) is 35.3 Å². The summed E-state index contributed by atoms with van der Waals surface area (Å²) in [5.41, 5.74) is 1.16. The SMILES string of the molecule is COc1ccc(CCNC(=O)COC(=O)c2cc(Cl)c3c(c2)OCCCO3)cc1OC. The third-order valence-electron chi connectivity index (χ3n) is 4.56. The van der Waals surface area contributed by atoms with Crippen LogP contribution in [-0.4, -0.2) is 52.5 Å². The number of nitrogens with one attached hydrogen (secondary N) is 1. The number of amides is 1. The van der Waals surface area contributed by atoms with Gasteiger partial charge in [-0.2, -0.15) is 0 Å². The number of ether oxygens (including phenoxy) is 5. The molecule has 2 aromatic rings. The molecular formula is C22H24ClNO7. The van der Waals surface area contributed by atoms with E-state index in [1.54, 1.807) is 20.3 Å². The Morgan fingerprint density at radius 2 is 1.84 bits per heavy atom. The Bertz CT molecular complexity index is 948. The second-order valence-electron chi connectivity index (χ2n) is 6.70. The topological polar surface area (TPSA) is 92.3 Å². The van der Waals surface area contributed by atoms with Crippen molar-refractivity contribution in [3.8, 4) is 23.0 Å². The van der Waals surface area contributed by atoms with E-state index in [1.165, 1.54) is 12.1 Å². The zero-order valence-electron chi connectivity index (χ0n) is 17.4. The summed E-state index contributed by atoms with van der Waals surface area (Å²) in [4.78, 5) is 24.4. The molecule has 0 saturated carbocycles. The fourth-order valence-corrected chi connectivity index (χ4v) is 3.26. The Morgan fingerprint density at radius 1 is 1.06 bits per heavy atom. The summed E-state index contributed by atoms with van der Waals surface area (Å²) in [5, 5.41) is 2.97. The number of rotatable bonds is 8. The Hall–Kier alpha value is -3.13. The van der Waals surface area contributed by atoms with Gasteiger partial charge in [-0.1, -0.05) is 17.7 Å². The highest BCUT2D eigenvalue weighted by Crippen LogP contribution is 2.38. The largest absolute Gasteiger partial charge is 0.493 e. The molecule has 2 aromatic carbocycles. The molecule has 1 amide bonds. The van der Waals surface area contributed by atoms with Crippen LogP contribution >= 0.6 is 11.6 Å². The summed E-state index contributed by atoms with van der Waals surface area (Å²) in [5.74, 6) is 0.966. The fourth-order valence-electron chi connectivity index (χ4n) is 3.00. The van der Waals surface area contributed by atoms with E-state index >= 15 is 0 Å². The van der Waals surface area contributed by atoms with E-state index in [9.17, 15) is 9.59 Å². The lowest BCUT2D eigenvalue weighted by Gasteiger charge is -2.12. The highest BCUT2D eigenvalue weighted by molar-refractivity contribution is 6.32. The van der Waals surface area contributed by atoms with Crippen molar-refractivity contribution in [3.05, 3.63) is 46.5 Å². The minimum Gasteiger partial charge on any atom is -0.493 e. The zero-order valence-corrected chi connectivity index (χ0v) is 18.1. The molecule has 8 nitrogen and oxygen atoms in total. The molecule has 0 atom stereocenters. The van der Waals surface area contributed by atoms with Gasteiger partial charge in [-0.3, -0.25) is 4.79 Å². The van der Waals surface area contributed by atoms with Gasteiger partial charge in [0, 0.05) is 13.0 Å². The molecule has 0 aromatic heterocycles. The molecule has 0 saturated heterocycles. The molecule has 0 aliphatic carbocycles. The first-order chi connectivity index (χ1) is 15.0. The first kappa shape index (κ1) is 22.6. The number of hydrogen-bond donors (Lipinski definition) is 1. The van der Waals surface area contributed by atoms with Crippen molar-refractivity contribution < 1.29 is 33.3 Å². The van der Waals surface area contributed by atoms with Crippen LogP contribution < -0.4 is 24.3 Å². The van der Waals surface area contributed by atoms with E-state index in [1.807, 2.05) is 12.1 Å². The molecule has 1 aliphatic rings. The highest BCUT2D eigenvalue weighted by atomic mass is 35.5. The molecule has 0 bridgehead atoms. The van der Waals surface area contributed by atoms with Crippen LogP contribution in [0.15, 0.2) is 30.3 Å². The molecule has 1 N–H and O–H groups in total. The van der Waals surface area contributed by atoms with Gasteiger partial charge >= 0.3 is 5.97 Å². The number of halogens is 1. The number of carbonyl (C=O) groups excluding carboxylic acids is 2. The van der Waals surface area contributed by atoms with Gasteiger partial charge in [0.15, 0.2) is 29.6 Å². The normalized spacial score (nSPS) is 12.5. The molecule has 0 spiro atoms.